The predicted molar refractivity (Wildman–Crippen MR) is 117 cm³/mol. The molecule has 12 heteroatoms. The van der Waals surface area contributed by atoms with E-state index in [9.17, 15) is 21.6 Å². The van der Waals surface area contributed by atoms with E-state index in [-0.39, 0.29) is 54.0 Å². The molecule has 4 rings (SSSR count). The summed E-state index contributed by atoms with van der Waals surface area (Å²) in [5.41, 5.74) is 0.783. The first-order valence-electron chi connectivity index (χ1n) is 11.2. The number of aromatic nitrogens is 2. The fourth-order valence-corrected chi connectivity index (χ4v) is 8.71. The zero-order valence-corrected chi connectivity index (χ0v) is 20.3. The van der Waals surface area contributed by atoms with Gasteiger partial charge in [-0.1, -0.05) is 12.8 Å². The average Bonchev–Trinajstić information content (AvgIpc) is 3.44. The van der Waals surface area contributed by atoms with Gasteiger partial charge in [-0.05, 0) is 33.1 Å². The van der Waals surface area contributed by atoms with Gasteiger partial charge in [0, 0.05) is 25.2 Å². The van der Waals surface area contributed by atoms with Crippen LogP contribution < -0.4 is 0 Å². The van der Waals surface area contributed by atoms with Crippen molar-refractivity contribution in [2.24, 2.45) is 0 Å². The van der Waals surface area contributed by atoms with E-state index in [2.05, 4.69) is 5.10 Å². The van der Waals surface area contributed by atoms with E-state index in [0.717, 1.165) is 25.7 Å². The van der Waals surface area contributed by atoms with Gasteiger partial charge < -0.3 is 9.64 Å². The predicted octanol–water partition coefficient (Wildman–Crippen LogP) is 0.479. The Morgan fingerprint density at radius 2 is 1.78 bits per heavy atom. The molecule has 2 aliphatic heterocycles. The number of morpholine rings is 1. The van der Waals surface area contributed by atoms with Crippen LogP contribution in [0.25, 0.3) is 0 Å². The third-order valence-electron chi connectivity index (χ3n) is 6.78. The normalized spacial score (nSPS) is 24.8. The highest BCUT2D eigenvalue weighted by Gasteiger charge is 2.39. The molecule has 1 saturated carbocycles. The smallest absolute Gasteiger partial charge is 0.246 e. The third-order valence-corrected chi connectivity index (χ3v) is 10.7. The molecule has 3 aliphatic rings. The Morgan fingerprint density at radius 3 is 2.38 bits per heavy atom. The van der Waals surface area contributed by atoms with E-state index in [0.29, 0.717) is 31.0 Å². The van der Waals surface area contributed by atoms with Crippen molar-refractivity contribution in [1.29, 1.82) is 0 Å². The molecule has 180 valence electrons. The SMILES string of the molecule is Cc1nn(CC(=O)N(C2CCCC2)C2CCS(=O)(=O)C2)c(C)c1S(=O)(=O)N1CCOCC1. The molecule has 0 spiro atoms. The minimum Gasteiger partial charge on any atom is -0.379 e. The van der Waals surface area contributed by atoms with Crippen molar-refractivity contribution in [2.45, 2.75) is 69.5 Å². The van der Waals surface area contributed by atoms with Crippen LogP contribution in [0.3, 0.4) is 0 Å². The number of carbonyl (C=O) groups is 1. The molecule has 0 aromatic carbocycles. The highest BCUT2D eigenvalue weighted by Crippen LogP contribution is 2.30. The Balaban J connectivity index is 1.58. The van der Waals surface area contributed by atoms with E-state index in [4.69, 9.17) is 4.74 Å². The molecule has 3 heterocycles. The topological polar surface area (TPSA) is 119 Å². The van der Waals surface area contributed by atoms with Crippen LogP contribution in [0.2, 0.25) is 0 Å². The van der Waals surface area contributed by atoms with Crippen molar-refractivity contribution in [3.63, 3.8) is 0 Å². The van der Waals surface area contributed by atoms with Gasteiger partial charge in [0.25, 0.3) is 0 Å². The Morgan fingerprint density at radius 1 is 1.12 bits per heavy atom. The molecule has 3 fully saturated rings. The Kier molecular flexibility index (Phi) is 6.68. The van der Waals surface area contributed by atoms with Gasteiger partial charge in [0.1, 0.15) is 11.4 Å². The van der Waals surface area contributed by atoms with Crippen LogP contribution in [-0.2, 0) is 35.9 Å². The lowest BCUT2D eigenvalue weighted by Crippen LogP contribution is -2.48. The summed E-state index contributed by atoms with van der Waals surface area (Å²) >= 11 is 0. The second-order valence-electron chi connectivity index (χ2n) is 8.97. The molecule has 2 saturated heterocycles. The van der Waals surface area contributed by atoms with E-state index in [1.807, 2.05) is 0 Å². The molecule has 1 aromatic rings. The molecule has 1 amide bonds. The number of hydrogen-bond donors (Lipinski definition) is 0. The summed E-state index contributed by atoms with van der Waals surface area (Å²) in [5.74, 6) is -0.0844. The molecule has 32 heavy (non-hydrogen) atoms. The lowest BCUT2D eigenvalue weighted by Gasteiger charge is -2.34. The minimum atomic E-state index is -3.74. The molecule has 0 bridgehead atoms. The van der Waals surface area contributed by atoms with E-state index < -0.39 is 19.9 Å². The first-order valence-corrected chi connectivity index (χ1v) is 14.5. The van der Waals surface area contributed by atoms with Gasteiger partial charge in [-0.3, -0.25) is 9.48 Å². The second-order valence-corrected chi connectivity index (χ2v) is 13.1. The van der Waals surface area contributed by atoms with Crippen molar-refractivity contribution in [3.8, 4) is 0 Å². The first kappa shape index (κ1) is 23.7. The lowest BCUT2D eigenvalue weighted by molar-refractivity contribution is -0.136. The molecular weight excluding hydrogens is 456 g/mol. The Hall–Kier alpha value is -1.50. The van der Waals surface area contributed by atoms with Crippen LogP contribution in [0, 0.1) is 13.8 Å². The standard InChI is InChI=1S/C20H32N4O6S2/c1-15-20(32(28,29)22-8-10-30-11-9-22)16(2)23(21-15)13-19(25)24(17-5-3-4-6-17)18-7-12-31(26,27)14-18/h17-18H,3-14H2,1-2H3. The van der Waals surface area contributed by atoms with E-state index in [1.54, 1.807) is 18.7 Å². The monoisotopic (exact) mass is 488 g/mol. The van der Waals surface area contributed by atoms with Gasteiger partial charge in [-0.2, -0.15) is 9.40 Å². The van der Waals surface area contributed by atoms with Gasteiger partial charge in [-0.15, -0.1) is 0 Å². The van der Waals surface area contributed by atoms with Crippen molar-refractivity contribution in [1.82, 2.24) is 19.0 Å². The Bertz CT molecular complexity index is 1070. The van der Waals surface area contributed by atoms with Gasteiger partial charge in [-0.25, -0.2) is 16.8 Å². The number of carbonyl (C=O) groups excluding carboxylic acids is 1. The Labute approximate surface area is 189 Å². The van der Waals surface area contributed by atoms with E-state index in [1.165, 1.54) is 8.99 Å². The van der Waals surface area contributed by atoms with Crippen LogP contribution in [-0.4, -0.2) is 91.6 Å². The molecule has 1 aliphatic carbocycles. The number of sulfone groups is 1. The van der Waals surface area contributed by atoms with Crippen molar-refractivity contribution < 1.29 is 26.4 Å². The van der Waals surface area contributed by atoms with Crippen LogP contribution >= 0.6 is 0 Å². The zero-order valence-electron chi connectivity index (χ0n) is 18.7. The van der Waals surface area contributed by atoms with Crippen molar-refractivity contribution in [3.05, 3.63) is 11.4 Å². The summed E-state index contributed by atoms with van der Waals surface area (Å²) in [5, 5.41) is 4.39. The van der Waals surface area contributed by atoms with Gasteiger partial charge in [0.15, 0.2) is 9.84 Å². The summed E-state index contributed by atoms with van der Waals surface area (Å²) in [6, 6.07) is -0.279. The molecule has 0 radical (unpaired) electrons. The number of sulfonamides is 1. The van der Waals surface area contributed by atoms with Crippen LogP contribution in [0.15, 0.2) is 4.90 Å². The maximum absolute atomic E-state index is 13.4. The molecule has 0 N–H and O–H groups in total. The molecule has 1 aromatic heterocycles. The summed E-state index contributed by atoms with van der Waals surface area (Å²) < 4.78 is 58.7. The highest BCUT2D eigenvalue weighted by atomic mass is 32.2. The van der Waals surface area contributed by atoms with E-state index >= 15 is 0 Å². The number of ether oxygens (including phenoxy) is 1. The first-order chi connectivity index (χ1) is 15.1. The number of nitrogens with zero attached hydrogens (tertiary/aromatic N) is 4. The average molecular weight is 489 g/mol. The summed E-state index contributed by atoms with van der Waals surface area (Å²) in [7, 11) is -6.87. The minimum absolute atomic E-state index is 0.00299. The summed E-state index contributed by atoms with van der Waals surface area (Å²) in [6.45, 7) is 4.49. The number of aryl methyl sites for hydroxylation is 1. The summed E-state index contributed by atoms with van der Waals surface area (Å²) in [4.78, 5) is 15.3. The van der Waals surface area contributed by atoms with Crippen molar-refractivity contribution >= 4 is 25.8 Å². The van der Waals surface area contributed by atoms with Crippen LogP contribution in [0.4, 0.5) is 0 Å². The van der Waals surface area contributed by atoms with Gasteiger partial charge in [0.2, 0.25) is 15.9 Å². The maximum atomic E-state index is 13.4. The number of rotatable bonds is 6. The number of hydrogen-bond acceptors (Lipinski definition) is 7. The quantitative estimate of drug-likeness (QED) is 0.571. The third kappa shape index (κ3) is 4.59. The largest absolute Gasteiger partial charge is 0.379 e. The molecule has 10 nitrogen and oxygen atoms in total. The molecule has 1 atom stereocenters. The number of amides is 1. The highest BCUT2D eigenvalue weighted by molar-refractivity contribution is 7.91. The van der Waals surface area contributed by atoms with Gasteiger partial charge in [0.05, 0.1) is 36.1 Å². The molecular formula is C20H32N4O6S2. The van der Waals surface area contributed by atoms with Crippen LogP contribution in [0.5, 0.6) is 0 Å². The fourth-order valence-electron chi connectivity index (χ4n) is 5.22. The maximum Gasteiger partial charge on any atom is 0.246 e. The lowest BCUT2D eigenvalue weighted by atomic mass is 10.1. The van der Waals surface area contributed by atoms with Crippen molar-refractivity contribution in [2.75, 3.05) is 37.8 Å². The summed E-state index contributed by atoms with van der Waals surface area (Å²) in [6.07, 6.45) is 4.25. The molecule has 1 unspecified atom stereocenters. The van der Waals surface area contributed by atoms with Crippen LogP contribution in [0.1, 0.15) is 43.5 Å². The van der Waals surface area contributed by atoms with Gasteiger partial charge >= 0.3 is 0 Å². The zero-order chi connectivity index (χ0) is 23.1. The fraction of sp³-hybridized carbons (Fsp3) is 0.800. The second kappa shape index (κ2) is 9.03.